The van der Waals surface area contributed by atoms with Crippen molar-refractivity contribution in [2.75, 3.05) is 5.32 Å². The van der Waals surface area contributed by atoms with Crippen LogP contribution in [0.3, 0.4) is 0 Å². The molecule has 0 aliphatic rings. The second kappa shape index (κ2) is 7.76. The zero-order valence-corrected chi connectivity index (χ0v) is 16.9. The average molecular weight is 428 g/mol. The Kier molecular flexibility index (Phi) is 5.14. The fourth-order valence-corrected chi connectivity index (χ4v) is 3.42. The SMILES string of the molecule is CC(C)(O)c1coc(Cn2ncc(NC(=O)c3ncsc3-c3cccc(F)c3)n2)n1. The highest BCUT2D eigenvalue weighted by atomic mass is 32.1. The number of benzene rings is 1. The summed E-state index contributed by atoms with van der Waals surface area (Å²) in [5, 5.41) is 20.8. The number of anilines is 1. The predicted octanol–water partition coefficient (Wildman–Crippen LogP) is 3.06. The van der Waals surface area contributed by atoms with Gasteiger partial charge in [-0.05, 0) is 31.5 Å². The highest BCUT2D eigenvalue weighted by Gasteiger charge is 2.21. The minimum atomic E-state index is -1.12. The molecule has 0 bridgehead atoms. The summed E-state index contributed by atoms with van der Waals surface area (Å²) in [6.45, 7) is 3.33. The number of thiazole rings is 1. The second-order valence-electron chi connectivity index (χ2n) is 6.94. The first kappa shape index (κ1) is 19.9. The lowest BCUT2D eigenvalue weighted by molar-refractivity contribution is 0.0737. The van der Waals surface area contributed by atoms with E-state index in [0.29, 0.717) is 22.0 Å². The van der Waals surface area contributed by atoms with Crippen molar-refractivity contribution >= 4 is 23.1 Å². The van der Waals surface area contributed by atoms with Crippen molar-refractivity contribution in [1.29, 1.82) is 0 Å². The third-order valence-corrected chi connectivity index (χ3v) is 4.98. The van der Waals surface area contributed by atoms with Crippen LogP contribution in [0.5, 0.6) is 0 Å². The van der Waals surface area contributed by atoms with E-state index in [2.05, 4.69) is 25.5 Å². The van der Waals surface area contributed by atoms with Crippen LogP contribution in [-0.4, -0.2) is 36.0 Å². The Bertz CT molecular complexity index is 1190. The van der Waals surface area contributed by atoms with Crippen LogP contribution < -0.4 is 5.32 Å². The van der Waals surface area contributed by atoms with E-state index >= 15 is 0 Å². The van der Waals surface area contributed by atoms with Crippen LogP contribution >= 0.6 is 11.3 Å². The lowest BCUT2D eigenvalue weighted by Gasteiger charge is -2.11. The number of nitrogens with one attached hydrogen (secondary N) is 1. The van der Waals surface area contributed by atoms with Crippen LogP contribution in [0.25, 0.3) is 10.4 Å². The Morgan fingerprint density at radius 2 is 2.23 bits per heavy atom. The van der Waals surface area contributed by atoms with Gasteiger partial charge in [0.1, 0.15) is 35.6 Å². The lowest BCUT2D eigenvalue weighted by atomic mass is 10.1. The van der Waals surface area contributed by atoms with Crippen molar-refractivity contribution in [2.24, 2.45) is 0 Å². The second-order valence-corrected chi connectivity index (χ2v) is 7.80. The maximum atomic E-state index is 13.5. The van der Waals surface area contributed by atoms with Crippen molar-refractivity contribution in [1.82, 2.24) is 25.0 Å². The summed E-state index contributed by atoms with van der Waals surface area (Å²) >= 11 is 1.24. The summed E-state index contributed by atoms with van der Waals surface area (Å²) in [4.78, 5) is 22.8. The summed E-state index contributed by atoms with van der Waals surface area (Å²) < 4.78 is 18.8. The molecule has 0 saturated heterocycles. The molecule has 2 N–H and O–H groups in total. The van der Waals surface area contributed by atoms with Crippen molar-refractivity contribution in [2.45, 2.75) is 26.0 Å². The van der Waals surface area contributed by atoms with Crippen LogP contribution in [-0.2, 0) is 12.1 Å². The number of carbonyl (C=O) groups excluding carboxylic acids is 1. The van der Waals surface area contributed by atoms with Gasteiger partial charge in [-0.1, -0.05) is 12.1 Å². The molecule has 0 aliphatic carbocycles. The molecule has 1 amide bonds. The summed E-state index contributed by atoms with van der Waals surface area (Å²) in [6.07, 6.45) is 2.75. The molecule has 0 spiro atoms. The third-order valence-electron chi connectivity index (χ3n) is 4.10. The van der Waals surface area contributed by atoms with Gasteiger partial charge in [-0.15, -0.1) is 16.4 Å². The number of aromatic nitrogens is 5. The van der Waals surface area contributed by atoms with Crippen LogP contribution in [0.4, 0.5) is 10.2 Å². The molecular weight excluding hydrogens is 411 g/mol. The molecule has 0 saturated carbocycles. The molecule has 30 heavy (non-hydrogen) atoms. The molecule has 0 aliphatic heterocycles. The summed E-state index contributed by atoms with van der Waals surface area (Å²) in [5.41, 5.74) is 1.53. The highest BCUT2D eigenvalue weighted by molar-refractivity contribution is 7.13. The van der Waals surface area contributed by atoms with Gasteiger partial charge in [0.05, 0.1) is 16.6 Å². The van der Waals surface area contributed by atoms with Gasteiger partial charge in [0.25, 0.3) is 5.91 Å². The van der Waals surface area contributed by atoms with E-state index in [-0.39, 0.29) is 18.1 Å². The monoisotopic (exact) mass is 428 g/mol. The van der Waals surface area contributed by atoms with Crippen LogP contribution in [0.2, 0.25) is 0 Å². The first-order valence-corrected chi connectivity index (χ1v) is 9.76. The normalized spacial score (nSPS) is 11.6. The molecule has 3 heterocycles. The number of oxazole rings is 1. The molecule has 9 nitrogen and oxygen atoms in total. The average Bonchev–Trinajstić information content (AvgIpc) is 3.42. The topological polar surface area (TPSA) is 119 Å². The quantitative estimate of drug-likeness (QED) is 0.484. The molecule has 0 atom stereocenters. The maximum absolute atomic E-state index is 13.5. The van der Waals surface area contributed by atoms with Crippen molar-refractivity contribution in [3.8, 4) is 10.4 Å². The van der Waals surface area contributed by atoms with Crippen molar-refractivity contribution < 1.29 is 18.7 Å². The first-order valence-electron chi connectivity index (χ1n) is 8.88. The Balaban J connectivity index is 1.46. The van der Waals surface area contributed by atoms with Gasteiger partial charge in [-0.25, -0.2) is 14.4 Å². The number of aliphatic hydroxyl groups is 1. The van der Waals surface area contributed by atoms with E-state index in [0.717, 1.165) is 0 Å². The van der Waals surface area contributed by atoms with Crippen molar-refractivity contribution in [3.05, 3.63) is 65.3 Å². The molecule has 4 rings (SSSR count). The fraction of sp³-hybridized carbons (Fsp3) is 0.211. The molecular formula is C19H17FN6O3S. The predicted molar refractivity (Wildman–Crippen MR) is 106 cm³/mol. The summed E-state index contributed by atoms with van der Waals surface area (Å²) in [5.74, 6) is -0.349. The van der Waals surface area contributed by atoms with E-state index in [1.54, 1.807) is 26.0 Å². The van der Waals surface area contributed by atoms with Crippen LogP contribution in [0.15, 0.2) is 46.7 Å². The van der Waals surface area contributed by atoms with Gasteiger partial charge in [-0.3, -0.25) is 4.79 Å². The van der Waals surface area contributed by atoms with Gasteiger partial charge in [-0.2, -0.15) is 9.90 Å². The number of carbonyl (C=O) groups is 1. The number of hydrogen-bond acceptors (Lipinski definition) is 8. The number of amides is 1. The first-order chi connectivity index (χ1) is 14.3. The van der Waals surface area contributed by atoms with E-state index in [1.807, 2.05) is 0 Å². The third kappa shape index (κ3) is 4.26. The summed E-state index contributed by atoms with van der Waals surface area (Å²) in [7, 11) is 0. The molecule has 11 heteroatoms. The molecule has 0 fully saturated rings. The Labute approximate surface area is 174 Å². The Hall–Kier alpha value is -3.44. The standard InChI is InChI=1S/C19H17FN6O3S/c1-19(2,28)13-9-29-15(23-13)8-26-22-7-14(25-26)24-18(27)16-17(30-10-21-16)11-4-3-5-12(20)6-11/h3-7,9-10,28H,8H2,1-2H3,(H,24,25,27). The van der Waals surface area contributed by atoms with E-state index in [1.165, 1.54) is 46.2 Å². The van der Waals surface area contributed by atoms with Crippen LogP contribution in [0.1, 0.15) is 35.9 Å². The molecule has 154 valence electrons. The van der Waals surface area contributed by atoms with Gasteiger partial charge in [0, 0.05) is 0 Å². The van der Waals surface area contributed by atoms with E-state index < -0.39 is 17.3 Å². The number of rotatable bonds is 6. The number of nitrogens with zero attached hydrogens (tertiary/aromatic N) is 5. The minimum absolute atomic E-state index is 0.122. The molecule has 0 unspecified atom stereocenters. The van der Waals surface area contributed by atoms with Gasteiger partial charge >= 0.3 is 0 Å². The van der Waals surface area contributed by atoms with Gasteiger partial charge in [0.15, 0.2) is 5.82 Å². The van der Waals surface area contributed by atoms with E-state index in [4.69, 9.17) is 4.42 Å². The molecule has 0 radical (unpaired) electrons. The molecule has 3 aromatic heterocycles. The zero-order valence-electron chi connectivity index (χ0n) is 16.0. The Morgan fingerprint density at radius 1 is 1.40 bits per heavy atom. The highest BCUT2D eigenvalue weighted by Crippen LogP contribution is 2.28. The van der Waals surface area contributed by atoms with E-state index in [9.17, 15) is 14.3 Å². The van der Waals surface area contributed by atoms with Gasteiger partial charge < -0.3 is 14.8 Å². The van der Waals surface area contributed by atoms with Gasteiger partial charge in [0.2, 0.25) is 5.89 Å². The lowest BCUT2D eigenvalue weighted by Crippen LogP contribution is -2.16. The maximum Gasteiger partial charge on any atom is 0.277 e. The largest absolute Gasteiger partial charge is 0.446 e. The molecule has 1 aromatic carbocycles. The minimum Gasteiger partial charge on any atom is -0.446 e. The Morgan fingerprint density at radius 3 is 2.97 bits per heavy atom. The van der Waals surface area contributed by atoms with Crippen LogP contribution in [0, 0.1) is 5.82 Å². The molecule has 4 aromatic rings. The number of halogens is 1. The van der Waals surface area contributed by atoms with Crippen molar-refractivity contribution in [3.63, 3.8) is 0 Å². The smallest absolute Gasteiger partial charge is 0.277 e. The fourth-order valence-electron chi connectivity index (χ4n) is 2.63. The summed E-state index contributed by atoms with van der Waals surface area (Å²) in [6, 6.07) is 5.96. The number of hydrogen-bond donors (Lipinski definition) is 2. The zero-order chi connectivity index (χ0) is 21.3.